The van der Waals surface area contributed by atoms with E-state index in [1.165, 1.54) is 24.8 Å². The largest absolute Gasteiger partial charge is 0.493 e. The predicted octanol–water partition coefficient (Wildman–Crippen LogP) is 3.26. The summed E-state index contributed by atoms with van der Waals surface area (Å²) >= 11 is 0. The summed E-state index contributed by atoms with van der Waals surface area (Å²) in [4.78, 5) is 4.29. The molecule has 1 aromatic carbocycles. The van der Waals surface area contributed by atoms with Crippen LogP contribution in [0.2, 0.25) is 0 Å². The molecule has 7 heteroatoms. The lowest BCUT2D eigenvalue weighted by Gasteiger charge is -2.15. The van der Waals surface area contributed by atoms with Crippen molar-refractivity contribution in [2.24, 2.45) is 12.0 Å². The fourth-order valence-corrected chi connectivity index (χ4v) is 2.82. The Morgan fingerprint density at radius 3 is 2.57 bits per heavy atom. The van der Waals surface area contributed by atoms with Crippen LogP contribution < -0.4 is 15.4 Å². The number of unbranched alkanes of at least 4 members (excludes halogenated alkanes) is 3. The Morgan fingerprint density at radius 1 is 1.11 bits per heavy atom. The van der Waals surface area contributed by atoms with Gasteiger partial charge in [-0.15, -0.1) is 10.2 Å². The molecule has 0 saturated carbocycles. The summed E-state index contributed by atoms with van der Waals surface area (Å²) in [6.45, 7) is 8.20. The van der Waals surface area contributed by atoms with Crippen molar-refractivity contribution in [1.29, 1.82) is 0 Å². The Kier molecular flexibility index (Phi) is 8.78. The zero-order valence-electron chi connectivity index (χ0n) is 17.9. The average Bonchev–Trinajstić information content (AvgIpc) is 3.01. The van der Waals surface area contributed by atoms with E-state index in [-0.39, 0.29) is 0 Å². The van der Waals surface area contributed by atoms with Gasteiger partial charge in [-0.25, -0.2) is 0 Å². The molecule has 1 aromatic heterocycles. The van der Waals surface area contributed by atoms with Gasteiger partial charge in [0.2, 0.25) is 0 Å². The third-order valence-corrected chi connectivity index (χ3v) is 4.74. The molecule has 2 rings (SSSR count). The number of aliphatic imine (C=N–C) groups is 1. The van der Waals surface area contributed by atoms with Gasteiger partial charge < -0.3 is 19.9 Å². The second-order valence-corrected chi connectivity index (χ2v) is 7.02. The molecular weight excluding hydrogens is 352 g/mol. The average molecular weight is 387 g/mol. The number of aryl methyl sites for hydroxylation is 2. The van der Waals surface area contributed by atoms with E-state index in [0.717, 1.165) is 41.9 Å². The normalized spacial score (nSPS) is 11.5. The van der Waals surface area contributed by atoms with Crippen molar-refractivity contribution in [3.05, 3.63) is 41.0 Å². The molecule has 1 heterocycles. The molecule has 0 radical (unpaired) electrons. The lowest BCUT2D eigenvalue weighted by Crippen LogP contribution is -2.37. The minimum atomic E-state index is 0.561. The van der Waals surface area contributed by atoms with Crippen LogP contribution in [-0.4, -0.2) is 34.4 Å². The van der Waals surface area contributed by atoms with Crippen molar-refractivity contribution in [1.82, 2.24) is 25.4 Å². The minimum Gasteiger partial charge on any atom is -0.493 e. The first-order valence-electron chi connectivity index (χ1n) is 10.1. The van der Waals surface area contributed by atoms with E-state index in [1.54, 1.807) is 7.05 Å². The van der Waals surface area contributed by atoms with Gasteiger partial charge in [-0.1, -0.05) is 38.3 Å². The smallest absolute Gasteiger partial charge is 0.191 e. The lowest BCUT2D eigenvalue weighted by atomic mass is 10.1. The SMILES string of the molecule is CCCCCCOc1cc(C)ccc1CNC(=NC)NCc1nnc(C)n1C. The number of hydrogen-bond donors (Lipinski definition) is 2. The van der Waals surface area contributed by atoms with Gasteiger partial charge in [0.25, 0.3) is 0 Å². The Labute approximate surface area is 168 Å². The van der Waals surface area contributed by atoms with Crippen LogP contribution in [0, 0.1) is 13.8 Å². The number of nitrogens with zero attached hydrogens (tertiary/aromatic N) is 4. The molecule has 0 amide bonds. The molecule has 0 saturated heterocycles. The van der Waals surface area contributed by atoms with Crippen LogP contribution in [0.5, 0.6) is 5.75 Å². The first-order chi connectivity index (χ1) is 13.5. The van der Waals surface area contributed by atoms with Gasteiger partial charge in [0.15, 0.2) is 11.8 Å². The van der Waals surface area contributed by atoms with Crippen LogP contribution in [0.1, 0.15) is 55.4 Å². The van der Waals surface area contributed by atoms with Gasteiger partial charge in [-0.05, 0) is 31.9 Å². The van der Waals surface area contributed by atoms with Crippen molar-refractivity contribution < 1.29 is 4.74 Å². The molecule has 2 aromatic rings. The Hall–Kier alpha value is -2.57. The van der Waals surface area contributed by atoms with Crippen LogP contribution in [0.25, 0.3) is 0 Å². The van der Waals surface area contributed by atoms with Crippen LogP contribution in [0.4, 0.5) is 0 Å². The molecule has 0 atom stereocenters. The summed E-state index contributed by atoms with van der Waals surface area (Å²) in [6, 6.07) is 6.33. The molecule has 0 aliphatic heterocycles. The first kappa shape index (κ1) is 21.7. The fourth-order valence-electron chi connectivity index (χ4n) is 2.82. The molecule has 0 aliphatic rings. The molecule has 0 spiro atoms. The molecule has 28 heavy (non-hydrogen) atoms. The lowest BCUT2D eigenvalue weighted by molar-refractivity contribution is 0.301. The summed E-state index contributed by atoms with van der Waals surface area (Å²) in [7, 11) is 3.72. The third-order valence-electron chi connectivity index (χ3n) is 4.74. The summed E-state index contributed by atoms with van der Waals surface area (Å²) in [5.41, 5.74) is 2.33. The number of rotatable bonds is 10. The number of nitrogens with one attached hydrogen (secondary N) is 2. The number of ether oxygens (including phenoxy) is 1. The molecule has 0 fully saturated rings. The van der Waals surface area contributed by atoms with Crippen molar-refractivity contribution >= 4 is 5.96 Å². The summed E-state index contributed by atoms with van der Waals surface area (Å²) in [5.74, 6) is 3.42. The van der Waals surface area contributed by atoms with Crippen molar-refractivity contribution in [2.45, 2.75) is 59.5 Å². The quantitative estimate of drug-likeness (QED) is 0.372. The zero-order chi connectivity index (χ0) is 20.4. The minimum absolute atomic E-state index is 0.561. The van der Waals surface area contributed by atoms with Crippen molar-refractivity contribution in [2.75, 3.05) is 13.7 Å². The van der Waals surface area contributed by atoms with E-state index in [9.17, 15) is 0 Å². The highest BCUT2D eigenvalue weighted by Gasteiger charge is 2.08. The second-order valence-electron chi connectivity index (χ2n) is 7.02. The topological polar surface area (TPSA) is 76.4 Å². The fraction of sp³-hybridized carbons (Fsp3) is 0.571. The first-order valence-corrected chi connectivity index (χ1v) is 10.1. The number of guanidine groups is 1. The van der Waals surface area contributed by atoms with E-state index in [2.05, 4.69) is 57.9 Å². The summed E-state index contributed by atoms with van der Waals surface area (Å²) < 4.78 is 8.02. The van der Waals surface area contributed by atoms with E-state index >= 15 is 0 Å². The number of benzene rings is 1. The van der Waals surface area contributed by atoms with E-state index in [4.69, 9.17) is 4.74 Å². The highest BCUT2D eigenvalue weighted by molar-refractivity contribution is 5.79. The maximum atomic E-state index is 6.06. The molecule has 0 aliphatic carbocycles. The van der Waals surface area contributed by atoms with E-state index in [0.29, 0.717) is 13.1 Å². The van der Waals surface area contributed by atoms with Gasteiger partial charge in [0, 0.05) is 26.2 Å². The highest BCUT2D eigenvalue weighted by Crippen LogP contribution is 2.21. The Balaban J connectivity index is 1.89. The monoisotopic (exact) mass is 386 g/mol. The van der Waals surface area contributed by atoms with Crippen LogP contribution in [0.15, 0.2) is 23.2 Å². The van der Waals surface area contributed by atoms with Crippen molar-refractivity contribution in [3.8, 4) is 5.75 Å². The van der Waals surface area contributed by atoms with E-state index < -0.39 is 0 Å². The zero-order valence-corrected chi connectivity index (χ0v) is 17.9. The third kappa shape index (κ3) is 6.55. The summed E-state index contributed by atoms with van der Waals surface area (Å²) in [5, 5.41) is 14.9. The van der Waals surface area contributed by atoms with Gasteiger partial charge in [0.05, 0.1) is 13.2 Å². The van der Waals surface area contributed by atoms with Gasteiger partial charge >= 0.3 is 0 Å². The maximum absolute atomic E-state index is 6.06. The van der Waals surface area contributed by atoms with Crippen molar-refractivity contribution in [3.63, 3.8) is 0 Å². The highest BCUT2D eigenvalue weighted by atomic mass is 16.5. The molecule has 0 bridgehead atoms. The Morgan fingerprint density at radius 2 is 1.89 bits per heavy atom. The summed E-state index contributed by atoms with van der Waals surface area (Å²) in [6.07, 6.45) is 4.81. The van der Waals surface area contributed by atoms with Crippen LogP contribution in [-0.2, 0) is 20.1 Å². The van der Waals surface area contributed by atoms with Gasteiger partial charge in [-0.3, -0.25) is 4.99 Å². The Bertz CT molecular complexity index is 768. The standard InChI is InChI=1S/C21H34N6O/c1-6-7-8-9-12-28-19-13-16(2)10-11-18(19)14-23-21(22-4)24-15-20-26-25-17(3)27(20)5/h10-11,13H,6-9,12,14-15H2,1-5H3,(H2,22,23,24). The molecule has 7 nitrogen and oxygen atoms in total. The van der Waals surface area contributed by atoms with Crippen LogP contribution >= 0.6 is 0 Å². The van der Waals surface area contributed by atoms with Gasteiger partial charge in [-0.2, -0.15) is 0 Å². The van der Waals surface area contributed by atoms with Crippen LogP contribution in [0.3, 0.4) is 0 Å². The maximum Gasteiger partial charge on any atom is 0.191 e. The number of aromatic nitrogens is 3. The van der Waals surface area contributed by atoms with E-state index in [1.807, 2.05) is 18.5 Å². The molecule has 154 valence electrons. The van der Waals surface area contributed by atoms with Gasteiger partial charge in [0.1, 0.15) is 11.6 Å². The molecule has 0 unspecified atom stereocenters. The molecular formula is C21H34N6O. The second kappa shape index (κ2) is 11.3. The predicted molar refractivity (Wildman–Crippen MR) is 114 cm³/mol. The molecule has 2 N–H and O–H groups in total. The number of hydrogen-bond acceptors (Lipinski definition) is 4.